The number of nitrogens with zero attached hydrogens (tertiary/aromatic N) is 1. The number of benzene rings is 2. The molecule has 1 N–H and O–H groups in total. The van der Waals surface area contributed by atoms with Crippen LogP contribution in [0.4, 0.5) is 0 Å². The molecule has 0 atom stereocenters. The first kappa shape index (κ1) is 15.7. The number of carbonyl (C=O) groups is 1. The minimum atomic E-state index is -0.410. The smallest absolute Gasteiger partial charge is 0.257 e. The highest BCUT2D eigenvalue weighted by atomic mass is 35.5. The van der Waals surface area contributed by atoms with Crippen LogP contribution < -0.4 is 15.5 Å². The van der Waals surface area contributed by atoms with Crippen LogP contribution in [0, 0.1) is 0 Å². The van der Waals surface area contributed by atoms with Crippen LogP contribution in [0.25, 0.3) is 10.9 Å². The molecule has 0 radical (unpaired) electrons. The maximum atomic E-state index is 12.8. The molecule has 6 heteroatoms. The molecular formula is C19H15ClN2O3. The van der Waals surface area contributed by atoms with Crippen LogP contribution in [0.2, 0.25) is 5.02 Å². The molecule has 25 heavy (non-hydrogen) atoms. The maximum absolute atomic E-state index is 12.8. The van der Waals surface area contributed by atoms with Crippen LogP contribution in [-0.4, -0.2) is 17.1 Å². The predicted octanol–water partition coefficient (Wildman–Crippen LogP) is 2.98. The predicted molar refractivity (Wildman–Crippen MR) is 96.3 cm³/mol. The Morgan fingerprint density at radius 2 is 2.00 bits per heavy atom. The molecule has 5 nitrogen and oxygen atoms in total. The molecule has 0 saturated heterocycles. The number of hydrogen-bond acceptors (Lipinski definition) is 3. The lowest BCUT2D eigenvalue weighted by Crippen LogP contribution is -2.30. The number of nitrogens with one attached hydrogen (secondary N) is 1. The van der Waals surface area contributed by atoms with Gasteiger partial charge in [-0.1, -0.05) is 41.9 Å². The Morgan fingerprint density at radius 3 is 2.80 bits per heavy atom. The average molecular weight is 355 g/mol. The highest BCUT2D eigenvalue weighted by molar-refractivity contribution is 6.35. The second kappa shape index (κ2) is 6.26. The zero-order valence-corrected chi connectivity index (χ0v) is 14.0. The minimum absolute atomic E-state index is 0.0874. The Morgan fingerprint density at radius 1 is 1.20 bits per heavy atom. The van der Waals surface area contributed by atoms with E-state index in [4.69, 9.17) is 16.3 Å². The third-order valence-corrected chi connectivity index (χ3v) is 4.58. The first-order valence-electron chi connectivity index (χ1n) is 7.96. The van der Waals surface area contributed by atoms with Crippen molar-refractivity contribution >= 4 is 28.4 Å². The van der Waals surface area contributed by atoms with E-state index in [9.17, 15) is 9.59 Å². The largest absolute Gasteiger partial charge is 0.490 e. The van der Waals surface area contributed by atoms with Gasteiger partial charge >= 0.3 is 0 Å². The summed E-state index contributed by atoms with van der Waals surface area (Å²) < 4.78 is 7.45. The van der Waals surface area contributed by atoms with Gasteiger partial charge in [0.15, 0.2) is 0 Å². The van der Waals surface area contributed by atoms with Crippen molar-refractivity contribution in [2.45, 2.75) is 13.1 Å². The van der Waals surface area contributed by atoms with Gasteiger partial charge in [-0.05, 0) is 17.7 Å². The second-order valence-electron chi connectivity index (χ2n) is 5.85. The minimum Gasteiger partial charge on any atom is -0.490 e. The molecule has 0 unspecified atom stereocenters. The number of carbonyl (C=O) groups excluding carboxylic acids is 1. The molecule has 4 rings (SSSR count). The number of ether oxygens (including phenoxy) is 1. The molecule has 126 valence electrons. The van der Waals surface area contributed by atoms with Crippen molar-refractivity contribution in [1.29, 1.82) is 0 Å². The van der Waals surface area contributed by atoms with Gasteiger partial charge < -0.3 is 14.6 Å². The lowest BCUT2D eigenvalue weighted by molar-refractivity contribution is 0.0949. The standard InChI is InChI=1S/C19H15ClN2O3/c20-14-6-7-15-17-16(14)18(23)13(11-22(17)8-9-25-15)19(24)21-10-12-4-2-1-3-5-12/h1-7,11H,8-10H2,(H,21,24). The summed E-state index contributed by atoms with van der Waals surface area (Å²) in [4.78, 5) is 25.4. The highest BCUT2D eigenvalue weighted by Gasteiger charge is 2.22. The van der Waals surface area contributed by atoms with Gasteiger partial charge in [0.2, 0.25) is 5.43 Å². The van der Waals surface area contributed by atoms with E-state index < -0.39 is 5.91 Å². The van der Waals surface area contributed by atoms with E-state index in [1.807, 2.05) is 34.9 Å². The summed E-state index contributed by atoms with van der Waals surface area (Å²) in [5.41, 5.74) is 1.31. The summed E-state index contributed by atoms with van der Waals surface area (Å²) in [7, 11) is 0. The SMILES string of the molecule is O=C(NCc1ccccc1)c1cn2c3c(ccc(Cl)c3c1=O)OCC2. The van der Waals surface area contributed by atoms with E-state index in [2.05, 4.69) is 5.32 Å². The summed E-state index contributed by atoms with van der Waals surface area (Å²) in [5, 5.41) is 3.44. The lowest BCUT2D eigenvalue weighted by atomic mass is 10.1. The fraction of sp³-hybridized carbons (Fsp3) is 0.158. The molecule has 0 saturated carbocycles. The van der Waals surface area contributed by atoms with Gasteiger partial charge in [0.1, 0.15) is 17.9 Å². The number of pyridine rings is 1. The van der Waals surface area contributed by atoms with E-state index in [0.29, 0.717) is 41.4 Å². The van der Waals surface area contributed by atoms with Gasteiger partial charge in [-0.15, -0.1) is 0 Å². The summed E-state index contributed by atoms with van der Waals surface area (Å²) >= 11 is 6.24. The molecule has 1 aliphatic heterocycles. The molecule has 0 fully saturated rings. The molecular weight excluding hydrogens is 340 g/mol. The maximum Gasteiger partial charge on any atom is 0.257 e. The van der Waals surface area contributed by atoms with Gasteiger partial charge in [0.25, 0.3) is 5.91 Å². The van der Waals surface area contributed by atoms with Crippen molar-refractivity contribution in [2.24, 2.45) is 0 Å². The summed E-state index contributed by atoms with van der Waals surface area (Å²) in [6.45, 7) is 1.40. The van der Waals surface area contributed by atoms with E-state index >= 15 is 0 Å². The second-order valence-corrected chi connectivity index (χ2v) is 6.26. The molecule has 0 spiro atoms. The van der Waals surface area contributed by atoms with Gasteiger partial charge in [-0.25, -0.2) is 0 Å². The lowest BCUT2D eigenvalue weighted by Gasteiger charge is -2.22. The van der Waals surface area contributed by atoms with Crippen LogP contribution in [-0.2, 0) is 13.1 Å². The number of hydrogen-bond donors (Lipinski definition) is 1. The highest BCUT2D eigenvalue weighted by Crippen LogP contribution is 2.31. The van der Waals surface area contributed by atoms with Gasteiger partial charge in [0.05, 0.1) is 22.5 Å². The van der Waals surface area contributed by atoms with Crippen LogP contribution in [0.15, 0.2) is 53.5 Å². The van der Waals surface area contributed by atoms with Crippen molar-refractivity contribution in [3.05, 3.63) is 75.0 Å². The van der Waals surface area contributed by atoms with E-state index in [-0.39, 0.29) is 11.0 Å². The number of amides is 1. The quantitative estimate of drug-likeness (QED) is 0.786. The normalized spacial score (nSPS) is 12.7. The van der Waals surface area contributed by atoms with Crippen LogP contribution in [0.5, 0.6) is 5.75 Å². The van der Waals surface area contributed by atoms with Crippen molar-refractivity contribution in [2.75, 3.05) is 6.61 Å². The number of halogens is 1. The summed E-state index contributed by atoms with van der Waals surface area (Å²) in [6, 6.07) is 12.9. The zero-order chi connectivity index (χ0) is 17.4. The Hall–Kier alpha value is -2.79. The molecule has 0 aliphatic carbocycles. The van der Waals surface area contributed by atoms with Crippen molar-refractivity contribution in [3.63, 3.8) is 0 Å². The molecule has 2 heterocycles. The summed E-state index contributed by atoms with van der Waals surface area (Å²) in [6.07, 6.45) is 1.59. The monoisotopic (exact) mass is 354 g/mol. The Balaban J connectivity index is 1.75. The van der Waals surface area contributed by atoms with Crippen molar-refractivity contribution in [3.8, 4) is 5.75 Å². The molecule has 3 aromatic rings. The van der Waals surface area contributed by atoms with Crippen LogP contribution in [0.1, 0.15) is 15.9 Å². The average Bonchev–Trinajstić information content (AvgIpc) is 2.64. The van der Waals surface area contributed by atoms with Gasteiger partial charge in [0, 0.05) is 12.7 Å². The van der Waals surface area contributed by atoms with Crippen LogP contribution in [0.3, 0.4) is 0 Å². The number of rotatable bonds is 3. The Bertz CT molecular complexity index is 1030. The molecule has 1 aliphatic rings. The number of aromatic nitrogens is 1. The van der Waals surface area contributed by atoms with Crippen molar-refractivity contribution < 1.29 is 9.53 Å². The molecule has 2 aromatic carbocycles. The summed E-state index contributed by atoms with van der Waals surface area (Å²) in [5.74, 6) is 0.200. The van der Waals surface area contributed by atoms with E-state index in [0.717, 1.165) is 5.56 Å². The Kier molecular flexibility index (Phi) is 3.93. The van der Waals surface area contributed by atoms with E-state index in [1.165, 1.54) is 0 Å². The Labute approximate surface area is 148 Å². The third kappa shape index (κ3) is 2.76. The topological polar surface area (TPSA) is 60.3 Å². The molecule has 1 amide bonds. The first-order chi connectivity index (χ1) is 12.1. The van der Waals surface area contributed by atoms with Crippen molar-refractivity contribution in [1.82, 2.24) is 9.88 Å². The molecule has 1 aromatic heterocycles. The first-order valence-corrected chi connectivity index (χ1v) is 8.33. The van der Waals surface area contributed by atoms with Gasteiger partial charge in [-0.2, -0.15) is 0 Å². The fourth-order valence-electron chi connectivity index (χ4n) is 3.04. The fourth-order valence-corrected chi connectivity index (χ4v) is 3.28. The molecule has 0 bridgehead atoms. The van der Waals surface area contributed by atoms with Gasteiger partial charge in [-0.3, -0.25) is 9.59 Å². The zero-order valence-electron chi connectivity index (χ0n) is 13.3. The third-order valence-electron chi connectivity index (χ3n) is 4.26. The van der Waals surface area contributed by atoms with E-state index in [1.54, 1.807) is 18.3 Å². The van der Waals surface area contributed by atoms with Crippen LogP contribution >= 0.6 is 11.6 Å².